The van der Waals surface area contributed by atoms with Crippen LogP contribution in [0.15, 0.2) is 53.4 Å². The van der Waals surface area contributed by atoms with Crippen LogP contribution in [-0.4, -0.2) is 18.9 Å². The van der Waals surface area contributed by atoms with E-state index in [9.17, 15) is 13.2 Å². The smallest absolute Gasteiger partial charge is 0.344 e. The first kappa shape index (κ1) is 14.9. The molecule has 0 aliphatic carbocycles. The van der Waals surface area contributed by atoms with Crippen molar-refractivity contribution in [3.8, 4) is 5.75 Å². The van der Waals surface area contributed by atoms with E-state index in [4.69, 9.17) is 9.29 Å². The number of hydrogen-bond donors (Lipinski definition) is 1. The Morgan fingerprint density at radius 1 is 1.05 bits per heavy atom. The molecule has 1 N–H and O–H groups in total. The molecule has 0 radical (unpaired) electrons. The first-order valence-corrected chi connectivity index (χ1v) is 7.94. The highest BCUT2D eigenvalue weighted by molar-refractivity contribution is 14.1. The average Bonchev–Trinajstić information content (AvgIpc) is 2.38. The zero-order valence-corrected chi connectivity index (χ0v) is 13.0. The van der Waals surface area contributed by atoms with Gasteiger partial charge in [-0.1, -0.05) is 12.1 Å². The van der Waals surface area contributed by atoms with Crippen molar-refractivity contribution in [2.75, 3.05) is 0 Å². The Labute approximate surface area is 129 Å². The molecule has 104 valence electrons. The highest BCUT2D eigenvalue weighted by Gasteiger charge is 2.13. The summed E-state index contributed by atoms with van der Waals surface area (Å²) in [4.78, 5) is 11.7. The summed E-state index contributed by atoms with van der Waals surface area (Å²) < 4.78 is 36.5. The summed E-state index contributed by atoms with van der Waals surface area (Å²) in [6.07, 6.45) is 0. The summed E-state index contributed by atoms with van der Waals surface area (Å²) >= 11 is 2.02. The standard InChI is InChI=1S/C13H9IO5S/c14-12-4-2-1-3-11(12)13(15)19-9-5-7-10(8-6-9)20(16,17)18/h1-8H,(H,16,17,18). The van der Waals surface area contributed by atoms with Gasteiger partial charge in [0.25, 0.3) is 10.1 Å². The largest absolute Gasteiger partial charge is 0.423 e. The molecule has 20 heavy (non-hydrogen) atoms. The van der Waals surface area contributed by atoms with Crippen LogP contribution in [0.1, 0.15) is 10.4 Å². The van der Waals surface area contributed by atoms with Crippen LogP contribution in [0.2, 0.25) is 0 Å². The van der Waals surface area contributed by atoms with E-state index in [-0.39, 0.29) is 10.6 Å². The van der Waals surface area contributed by atoms with Gasteiger partial charge >= 0.3 is 5.97 Å². The molecule has 0 bridgehead atoms. The number of esters is 1. The van der Waals surface area contributed by atoms with Gasteiger partial charge < -0.3 is 4.74 Å². The van der Waals surface area contributed by atoms with Crippen LogP contribution in [0, 0.1) is 3.57 Å². The zero-order chi connectivity index (χ0) is 14.8. The van der Waals surface area contributed by atoms with E-state index < -0.39 is 16.1 Å². The Bertz CT molecular complexity index is 738. The van der Waals surface area contributed by atoms with Gasteiger partial charge in [0.2, 0.25) is 0 Å². The number of halogens is 1. The molecule has 0 fully saturated rings. The Kier molecular flexibility index (Phi) is 4.41. The Hall–Kier alpha value is -1.45. The minimum atomic E-state index is -4.25. The maximum absolute atomic E-state index is 11.9. The lowest BCUT2D eigenvalue weighted by Crippen LogP contribution is -2.10. The summed E-state index contributed by atoms with van der Waals surface area (Å²) in [5.74, 6) is -0.336. The quantitative estimate of drug-likeness (QED) is 0.368. The van der Waals surface area contributed by atoms with Crippen LogP contribution in [0.3, 0.4) is 0 Å². The summed E-state index contributed by atoms with van der Waals surface area (Å²) in [7, 11) is -4.25. The van der Waals surface area contributed by atoms with Gasteiger partial charge in [-0.3, -0.25) is 4.55 Å². The summed E-state index contributed by atoms with van der Waals surface area (Å²) in [5.41, 5.74) is 0.423. The molecule has 0 amide bonds. The third-order valence-corrected chi connectivity index (χ3v) is 4.23. The first-order chi connectivity index (χ1) is 9.38. The second-order valence-electron chi connectivity index (χ2n) is 3.82. The van der Waals surface area contributed by atoms with Crippen LogP contribution in [0.4, 0.5) is 0 Å². The first-order valence-electron chi connectivity index (χ1n) is 5.42. The van der Waals surface area contributed by atoms with Crippen molar-refractivity contribution >= 4 is 38.7 Å². The fraction of sp³-hybridized carbons (Fsp3) is 0. The Morgan fingerprint density at radius 2 is 1.65 bits per heavy atom. The molecule has 5 nitrogen and oxygen atoms in total. The topological polar surface area (TPSA) is 80.7 Å². The molecule has 0 saturated heterocycles. The van der Waals surface area contributed by atoms with Gasteiger partial charge in [-0.05, 0) is 59.0 Å². The molecule has 0 aliphatic rings. The molecule has 0 spiro atoms. The lowest BCUT2D eigenvalue weighted by Gasteiger charge is -2.06. The summed E-state index contributed by atoms with van der Waals surface area (Å²) in [6, 6.07) is 11.9. The third kappa shape index (κ3) is 3.56. The molecular weight excluding hydrogens is 395 g/mol. The molecule has 7 heteroatoms. The Balaban J connectivity index is 2.19. The summed E-state index contributed by atoms with van der Waals surface area (Å²) in [5, 5.41) is 0. The van der Waals surface area contributed by atoms with Gasteiger partial charge in [-0.2, -0.15) is 8.42 Å². The molecule has 2 aromatic carbocycles. The fourth-order valence-electron chi connectivity index (χ4n) is 1.47. The van der Waals surface area contributed by atoms with Crippen molar-refractivity contribution in [1.29, 1.82) is 0 Å². The number of carbonyl (C=O) groups is 1. The zero-order valence-electron chi connectivity index (χ0n) is 9.99. The molecule has 0 saturated carbocycles. The van der Waals surface area contributed by atoms with Gasteiger partial charge in [0.1, 0.15) is 5.75 Å². The molecule has 2 rings (SSSR count). The van der Waals surface area contributed by atoms with Crippen LogP contribution in [0.5, 0.6) is 5.75 Å². The summed E-state index contributed by atoms with van der Waals surface area (Å²) in [6.45, 7) is 0. The molecule has 2 aromatic rings. The van der Waals surface area contributed by atoms with E-state index in [1.165, 1.54) is 12.1 Å². The minimum Gasteiger partial charge on any atom is -0.423 e. The van der Waals surface area contributed by atoms with Crippen molar-refractivity contribution in [1.82, 2.24) is 0 Å². The van der Waals surface area contributed by atoms with Crippen molar-refractivity contribution < 1.29 is 22.5 Å². The second-order valence-corrected chi connectivity index (χ2v) is 6.40. The molecule has 0 heterocycles. The van der Waals surface area contributed by atoms with Crippen LogP contribution in [0.25, 0.3) is 0 Å². The fourth-order valence-corrected chi connectivity index (χ4v) is 2.56. The van der Waals surface area contributed by atoms with Gasteiger partial charge in [0, 0.05) is 3.57 Å². The maximum Gasteiger partial charge on any atom is 0.344 e. The average molecular weight is 404 g/mol. The molecule has 0 unspecified atom stereocenters. The van der Waals surface area contributed by atoms with Gasteiger partial charge in [-0.25, -0.2) is 4.79 Å². The monoisotopic (exact) mass is 404 g/mol. The number of hydrogen-bond acceptors (Lipinski definition) is 4. The van der Waals surface area contributed by atoms with Crippen molar-refractivity contribution in [3.05, 3.63) is 57.7 Å². The van der Waals surface area contributed by atoms with E-state index in [0.29, 0.717) is 5.56 Å². The number of carbonyl (C=O) groups excluding carboxylic acids is 1. The molecule has 0 aliphatic heterocycles. The van der Waals surface area contributed by atoms with Gasteiger partial charge in [-0.15, -0.1) is 0 Å². The van der Waals surface area contributed by atoms with Gasteiger partial charge in [0.05, 0.1) is 10.5 Å². The Morgan fingerprint density at radius 3 is 2.20 bits per heavy atom. The van der Waals surface area contributed by atoms with Crippen LogP contribution in [-0.2, 0) is 10.1 Å². The highest BCUT2D eigenvalue weighted by Crippen LogP contribution is 2.18. The number of ether oxygens (including phenoxy) is 1. The van der Waals surface area contributed by atoms with Crippen LogP contribution < -0.4 is 4.74 Å². The number of benzene rings is 2. The molecular formula is C13H9IO5S. The maximum atomic E-state index is 11.9. The lowest BCUT2D eigenvalue weighted by atomic mass is 10.2. The normalized spacial score (nSPS) is 11.1. The predicted octanol–water partition coefficient (Wildman–Crippen LogP) is 2.76. The lowest BCUT2D eigenvalue weighted by molar-refractivity contribution is 0.0733. The van der Waals surface area contributed by atoms with E-state index >= 15 is 0 Å². The number of rotatable bonds is 3. The van der Waals surface area contributed by atoms with Crippen LogP contribution >= 0.6 is 22.6 Å². The van der Waals surface area contributed by atoms with Gasteiger partial charge in [0.15, 0.2) is 0 Å². The molecule has 0 atom stereocenters. The predicted molar refractivity (Wildman–Crippen MR) is 80.4 cm³/mol. The van der Waals surface area contributed by atoms with E-state index in [1.54, 1.807) is 24.3 Å². The van der Waals surface area contributed by atoms with Crippen molar-refractivity contribution in [2.24, 2.45) is 0 Å². The minimum absolute atomic E-state index is 0.196. The third-order valence-electron chi connectivity index (χ3n) is 2.43. The van der Waals surface area contributed by atoms with E-state index in [1.807, 2.05) is 22.6 Å². The van der Waals surface area contributed by atoms with Crippen molar-refractivity contribution in [3.63, 3.8) is 0 Å². The van der Waals surface area contributed by atoms with E-state index in [2.05, 4.69) is 0 Å². The SMILES string of the molecule is O=C(Oc1ccc(S(=O)(=O)O)cc1)c1ccccc1I. The second kappa shape index (κ2) is 5.90. The molecule has 0 aromatic heterocycles. The van der Waals surface area contributed by atoms with E-state index in [0.717, 1.165) is 15.7 Å². The van der Waals surface area contributed by atoms with Crippen molar-refractivity contribution in [2.45, 2.75) is 4.90 Å². The highest BCUT2D eigenvalue weighted by atomic mass is 127.